The van der Waals surface area contributed by atoms with Crippen LogP contribution in [0, 0.1) is 0 Å². The number of rotatable bonds is 4. The van der Waals surface area contributed by atoms with Gasteiger partial charge in [0, 0.05) is 12.6 Å². The van der Waals surface area contributed by atoms with Crippen molar-refractivity contribution in [3.8, 4) is 0 Å². The highest BCUT2D eigenvalue weighted by atomic mass is 32.2. The van der Waals surface area contributed by atoms with Crippen molar-refractivity contribution >= 4 is 15.7 Å². The van der Waals surface area contributed by atoms with E-state index < -0.39 is 9.84 Å². The van der Waals surface area contributed by atoms with Gasteiger partial charge in [0.2, 0.25) is 5.91 Å². The number of likely N-dealkylation sites (N-methyl/N-ethyl adjacent to an activating group) is 1. The van der Waals surface area contributed by atoms with E-state index in [0.29, 0.717) is 13.0 Å². The zero-order chi connectivity index (χ0) is 15.7. The Morgan fingerprint density at radius 2 is 2.00 bits per heavy atom. The Morgan fingerprint density at radius 1 is 1.27 bits per heavy atom. The number of benzene rings is 1. The van der Waals surface area contributed by atoms with Crippen molar-refractivity contribution < 1.29 is 13.2 Å². The molecule has 0 aromatic heterocycles. The Bertz CT molecular complexity index is 645. The summed E-state index contributed by atoms with van der Waals surface area (Å²) < 4.78 is 23.1. The highest BCUT2D eigenvalue weighted by molar-refractivity contribution is 7.91. The lowest BCUT2D eigenvalue weighted by Gasteiger charge is -2.42. The summed E-state index contributed by atoms with van der Waals surface area (Å²) in [6.07, 6.45) is 1.63. The van der Waals surface area contributed by atoms with Crippen molar-refractivity contribution in [1.82, 2.24) is 9.80 Å². The molecule has 0 aliphatic carbocycles. The van der Waals surface area contributed by atoms with Gasteiger partial charge < -0.3 is 4.90 Å². The normalized spacial score (nSPS) is 26.9. The second-order valence-electron chi connectivity index (χ2n) is 6.27. The highest BCUT2D eigenvalue weighted by Gasteiger charge is 2.36. The molecule has 2 heterocycles. The van der Waals surface area contributed by atoms with E-state index in [1.807, 2.05) is 35.0 Å². The smallest absolute Gasteiger partial charge is 0.237 e. The summed E-state index contributed by atoms with van der Waals surface area (Å²) in [5.74, 6) is 0.512. The fourth-order valence-corrected chi connectivity index (χ4v) is 5.07. The third-order valence-electron chi connectivity index (χ3n) is 4.74. The van der Waals surface area contributed by atoms with E-state index in [0.717, 1.165) is 13.0 Å². The highest BCUT2D eigenvalue weighted by Crippen LogP contribution is 2.33. The number of carbonyl (C=O) groups excluding carboxylic acids is 1. The predicted octanol–water partition coefficient (Wildman–Crippen LogP) is 1.08. The summed E-state index contributed by atoms with van der Waals surface area (Å²) in [7, 11) is -1.06. The van der Waals surface area contributed by atoms with Crippen molar-refractivity contribution in [2.24, 2.45) is 0 Å². The molecule has 2 saturated heterocycles. The van der Waals surface area contributed by atoms with Crippen LogP contribution in [0.3, 0.4) is 0 Å². The van der Waals surface area contributed by atoms with Gasteiger partial charge in [-0.2, -0.15) is 0 Å². The minimum atomic E-state index is -2.91. The van der Waals surface area contributed by atoms with Crippen LogP contribution in [-0.4, -0.2) is 61.8 Å². The lowest BCUT2D eigenvalue weighted by Crippen LogP contribution is -2.50. The molecule has 3 rings (SSSR count). The fraction of sp³-hybridized carbons (Fsp3) is 0.562. The number of hydrogen-bond acceptors (Lipinski definition) is 4. The van der Waals surface area contributed by atoms with Gasteiger partial charge in [-0.25, -0.2) is 8.42 Å². The van der Waals surface area contributed by atoms with Gasteiger partial charge in [0.25, 0.3) is 0 Å². The monoisotopic (exact) mass is 322 g/mol. The van der Waals surface area contributed by atoms with Gasteiger partial charge in [-0.3, -0.25) is 9.69 Å². The third kappa shape index (κ3) is 3.17. The van der Waals surface area contributed by atoms with Crippen LogP contribution < -0.4 is 0 Å². The number of likely N-dealkylation sites (tertiary alicyclic amines) is 1. The molecule has 1 aromatic rings. The zero-order valence-electron chi connectivity index (χ0n) is 12.8. The molecule has 0 radical (unpaired) electrons. The largest absolute Gasteiger partial charge is 0.334 e. The summed E-state index contributed by atoms with van der Waals surface area (Å²) in [5.41, 5.74) is 1.17. The van der Waals surface area contributed by atoms with Gasteiger partial charge in [-0.05, 0) is 25.5 Å². The first-order valence-corrected chi connectivity index (χ1v) is 9.53. The van der Waals surface area contributed by atoms with Crippen LogP contribution in [0.1, 0.15) is 24.4 Å². The quantitative estimate of drug-likeness (QED) is 0.832. The van der Waals surface area contributed by atoms with E-state index >= 15 is 0 Å². The Balaban J connectivity index is 1.58. The lowest BCUT2D eigenvalue weighted by molar-refractivity contribution is -0.140. The Labute approximate surface area is 131 Å². The SMILES string of the molecule is CN(CC(=O)N1CC[C@H]1c1ccccc1)[C@@H]1CCS(=O)(=O)C1. The van der Waals surface area contributed by atoms with E-state index in [2.05, 4.69) is 12.1 Å². The topological polar surface area (TPSA) is 57.7 Å². The summed E-state index contributed by atoms with van der Waals surface area (Å²) in [6.45, 7) is 1.08. The van der Waals surface area contributed by atoms with Crippen molar-refractivity contribution in [2.45, 2.75) is 24.9 Å². The van der Waals surface area contributed by atoms with Gasteiger partial charge >= 0.3 is 0 Å². The Morgan fingerprint density at radius 3 is 2.55 bits per heavy atom. The minimum absolute atomic E-state index is 0.0228. The van der Waals surface area contributed by atoms with Gasteiger partial charge in [-0.15, -0.1) is 0 Å². The fourth-order valence-electron chi connectivity index (χ4n) is 3.26. The molecule has 120 valence electrons. The number of hydrogen-bond donors (Lipinski definition) is 0. The van der Waals surface area contributed by atoms with Crippen LogP contribution in [0.5, 0.6) is 0 Å². The van der Waals surface area contributed by atoms with Gasteiger partial charge in [0.05, 0.1) is 24.1 Å². The number of nitrogens with zero attached hydrogens (tertiary/aromatic N) is 2. The molecule has 0 unspecified atom stereocenters. The van der Waals surface area contributed by atoms with Gasteiger partial charge in [0.1, 0.15) is 0 Å². The average Bonchev–Trinajstić information content (AvgIpc) is 2.79. The minimum Gasteiger partial charge on any atom is -0.334 e. The van der Waals surface area contributed by atoms with Crippen LogP contribution in [0.25, 0.3) is 0 Å². The lowest BCUT2D eigenvalue weighted by atomic mass is 9.94. The van der Waals surface area contributed by atoms with Crippen LogP contribution in [0.2, 0.25) is 0 Å². The van der Waals surface area contributed by atoms with Crippen LogP contribution in [0.4, 0.5) is 0 Å². The molecule has 1 amide bonds. The predicted molar refractivity (Wildman–Crippen MR) is 85.2 cm³/mol. The first-order chi connectivity index (χ1) is 10.5. The molecule has 2 atom stereocenters. The number of amides is 1. The molecule has 0 bridgehead atoms. The summed E-state index contributed by atoms with van der Waals surface area (Å²) in [5, 5.41) is 0. The molecule has 5 nitrogen and oxygen atoms in total. The summed E-state index contributed by atoms with van der Waals surface area (Å²) in [4.78, 5) is 16.3. The maximum atomic E-state index is 12.5. The second kappa shape index (κ2) is 6.01. The van der Waals surface area contributed by atoms with Crippen LogP contribution in [0.15, 0.2) is 30.3 Å². The molecule has 6 heteroatoms. The van der Waals surface area contributed by atoms with E-state index in [4.69, 9.17) is 0 Å². The number of carbonyl (C=O) groups is 1. The average molecular weight is 322 g/mol. The molecule has 2 fully saturated rings. The van der Waals surface area contributed by atoms with Gasteiger partial charge in [-0.1, -0.05) is 30.3 Å². The number of sulfone groups is 1. The molecule has 0 N–H and O–H groups in total. The first kappa shape index (κ1) is 15.5. The Hall–Kier alpha value is -1.40. The van der Waals surface area contributed by atoms with E-state index in [9.17, 15) is 13.2 Å². The van der Waals surface area contributed by atoms with E-state index in [1.165, 1.54) is 5.56 Å². The van der Waals surface area contributed by atoms with Crippen molar-refractivity contribution in [3.63, 3.8) is 0 Å². The second-order valence-corrected chi connectivity index (χ2v) is 8.50. The van der Waals surface area contributed by atoms with Crippen molar-refractivity contribution in [1.29, 1.82) is 0 Å². The molecule has 0 spiro atoms. The molecule has 2 aliphatic heterocycles. The van der Waals surface area contributed by atoms with Gasteiger partial charge in [0.15, 0.2) is 9.84 Å². The van der Waals surface area contributed by atoms with E-state index in [1.54, 1.807) is 0 Å². The van der Waals surface area contributed by atoms with Crippen LogP contribution >= 0.6 is 0 Å². The summed E-state index contributed by atoms with van der Waals surface area (Å²) in [6, 6.07) is 10.2. The van der Waals surface area contributed by atoms with Crippen molar-refractivity contribution in [2.75, 3.05) is 31.6 Å². The molecule has 2 aliphatic rings. The molecular formula is C16H22N2O3S. The summed E-state index contributed by atoms with van der Waals surface area (Å²) >= 11 is 0. The molecular weight excluding hydrogens is 300 g/mol. The zero-order valence-corrected chi connectivity index (χ0v) is 13.6. The molecule has 0 saturated carbocycles. The maximum Gasteiger partial charge on any atom is 0.237 e. The third-order valence-corrected chi connectivity index (χ3v) is 6.49. The molecule has 1 aromatic carbocycles. The van der Waals surface area contributed by atoms with E-state index in [-0.39, 0.29) is 29.5 Å². The molecule has 22 heavy (non-hydrogen) atoms. The Kier molecular flexibility index (Phi) is 4.23. The standard InChI is InChI=1S/C16H22N2O3S/c1-17(14-8-10-22(20,21)12-14)11-16(19)18-9-7-15(18)13-5-3-2-4-6-13/h2-6,14-15H,7-12H2,1H3/t14-,15+/m1/s1. The van der Waals surface area contributed by atoms with Crippen LogP contribution in [-0.2, 0) is 14.6 Å². The van der Waals surface area contributed by atoms with Crippen molar-refractivity contribution in [3.05, 3.63) is 35.9 Å². The maximum absolute atomic E-state index is 12.5. The first-order valence-electron chi connectivity index (χ1n) is 7.71.